The molecule has 2 aromatic carbocycles. The molecule has 1 N–H and O–H groups in total. The van der Waals surface area contributed by atoms with Crippen molar-refractivity contribution in [3.05, 3.63) is 90.0 Å². The summed E-state index contributed by atoms with van der Waals surface area (Å²) in [6.07, 6.45) is 6.72. The number of benzene rings is 2. The van der Waals surface area contributed by atoms with Crippen LogP contribution < -0.4 is 5.32 Å². The summed E-state index contributed by atoms with van der Waals surface area (Å²) in [7, 11) is 0. The van der Waals surface area contributed by atoms with E-state index in [2.05, 4.69) is 10.4 Å². The number of nitrogens with zero attached hydrogens (tertiary/aromatic N) is 2. The molecule has 5 heteroatoms. The molecule has 25 heavy (non-hydrogen) atoms. The van der Waals surface area contributed by atoms with E-state index in [0.29, 0.717) is 0 Å². The first-order chi connectivity index (χ1) is 12.1. The van der Waals surface area contributed by atoms with E-state index in [1.54, 1.807) is 29.1 Å². The molecule has 1 unspecified atom stereocenters. The van der Waals surface area contributed by atoms with Crippen LogP contribution in [0.3, 0.4) is 0 Å². The van der Waals surface area contributed by atoms with Gasteiger partial charge in [-0.3, -0.25) is 4.79 Å². The minimum Gasteiger partial charge on any atom is -0.346 e. The molecule has 1 aromatic heterocycles. The summed E-state index contributed by atoms with van der Waals surface area (Å²) >= 11 is 0. The molecule has 4 nitrogen and oxygen atoms in total. The van der Waals surface area contributed by atoms with Crippen molar-refractivity contribution in [3.63, 3.8) is 0 Å². The molecule has 0 spiro atoms. The van der Waals surface area contributed by atoms with E-state index in [9.17, 15) is 9.18 Å². The van der Waals surface area contributed by atoms with Gasteiger partial charge in [0.1, 0.15) is 5.82 Å². The van der Waals surface area contributed by atoms with E-state index in [0.717, 1.165) is 16.8 Å². The predicted molar refractivity (Wildman–Crippen MR) is 95.6 cm³/mol. The van der Waals surface area contributed by atoms with Gasteiger partial charge in [-0.15, -0.1) is 0 Å². The van der Waals surface area contributed by atoms with Crippen LogP contribution in [-0.4, -0.2) is 15.7 Å². The third-order valence-electron chi connectivity index (χ3n) is 3.78. The van der Waals surface area contributed by atoms with Crippen LogP contribution in [0, 0.1) is 5.82 Å². The van der Waals surface area contributed by atoms with E-state index >= 15 is 0 Å². The maximum Gasteiger partial charge on any atom is 0.244 e. The van der Waals surface area contributed by atoms with Crippen molar-refractivity contribution in [2.75, 3.05) is 0 Å². The Labute approximate surface area is 145 Å². The summed E-state index contributed by atoms with van der Waals surface area (Å²) < 4.78 is 14.7. The standard InChI is InChI=1S/C20H18FN3O/c1-15(17-8-10-18(21)11-9-17)23-20(25)12-7-16-13-22-24(14-16)19-5-3-2-4-6-19/h2-15H,1H3,(H,23,25)/b12-7+. The Hall–Kier alpha value is -3.21. The van der Waals surface area contributed by atoms with Crippen LogP contribution in [0.15, 0.2) is 73.1 Å². The van der Waals surface area contributed by atoms with Crippen LogP contribution in [0.2, 0.25) is 0 Å². The van der Waals surface area contributed by atoms with Crippen LogP contribution in [0.25, 0.3) is 11.8 Å². The summed E-state index contributed by atoms with van der Waals surface area (Å²) in [5, 5.41) is 7.13. The molecule has 0 aliphatic rings. The van der Waals surface area contributed by atoms with E-state index in [1.807, 2.05) is 43.5 Å². The number of nitrogens with one attached hydrogen (secondary N) is 1. The van der Waals surface area contributed by atoms with Gasteiger partial charge in [0.15, 0.2) is 0 Å². The first-order valence-corrected chi connectivity index (χ1v) is 7.96. The van der Waals surface area contributed by atoms with Gasteiger partial charge in [0, 0.05) is 17.8 Å². The fourth-order valence-corrected chi connectivity index (χ4v) is 2.41. The van der Waals surface area contributed by atoms with Crippen molar-refractivity contribution in [3.8, 4) is 5.69 Å². The Morgan fingerprint density at radius 2 is 1.88 bits per heavy atom. The molecule has 1 heterocycles. The second-order valence-corrected chi connectivity index (χ2v) is 5.67. The van der Waals surface area contributed by atoms with Crippen LogP contribution in [0.1, 0.15) is 24.1 Å². The number of rotatable bonds is 5. The van der Waals surface area contributed by atoms with Crippen molar-refractivity contribution in [2.24, 2.45) is 0 Å². The second kappa shape index (κ2) is 7.57. The van der Waals surface area contributed by atoms with Crippen LogP contribution in [-0.2, 0) is 4.79 Å². The Bertz CT molecular complexity index is 869. The maximum absolute atomic E-state index is 12.9. The number of hydrogen-bond acceptors (Lipinski definition) is 2. The number of para-hydroxylation sites is 1. The minimum atomic E-state index is -0.294. The lowest BCUT2D eigenvalue weighted by Gasteiger charge is -2.12. The molecule has 1 amide bonds. The highest BCUT2D eigenvalue weighted by molar-refractivity contribution is 5.91. The van der Waals surface area contributed by atoms with E-state index in [4.69, 9.17) is 0 Å². The van der Waals surface area contributed by atoms with Gasteiger partial charge in [-0.1, -0.05) is 30.3 Å². The molecule has 3 aromatic rings. The summed E-state index contributed by atoms with van der Waals surface area (Å²) in [4.78, 5) is 12.0. The van der Waals surface area contributed by atoms with Crippen molar-refractivity contribution in [1.29, 1.82) is 0 Å². The number of aromatic nitrogens is 2. The molecule has 0 saturated heterocycles. The highest BCUT2D eigenvalue weighted by atomic mass is 19.1. The van der Waals surface area contributed by atoms with E-state index < -0.39 is 0 Å². The summed E-state index contributed by atoms with van der Waals surface area (Å²) in [5.74, 6) is -0.512. The van der Waals surface area contributed by atoms with Gasteiger partial charge in [0.25, 0.3) is 0 Å². The molecule has 126 valence electrons. The first kappa shape index (κ1) is 16.6. The largest absolute Gasteiger partial charge is 0.346 e. The van der Waals surface area contributed by atoms with Gasteiger partial charge in [0.2, 0.25) is 5.91 Å². The topological polar surface area (TPSA) is 46.9 Å². The average Bonchev–Trinajstić information content (AvgIpc) is 3.10. The SMILES string of the molecule is CC(NC(=O)/C=C/c1cnn(-c2ccccc2)c1)c1ccc(F)cc1. The van der Waals surface area contributed by atoms with Gasteiger partial charge in [-0.25, -0.2) is 9.07 Å². The fourth-order valence-electron chi connectivity index (χ4n) is 2.41. The number of carbonyl (C=O) groups is 1. The molecule has 1 atom stereocenters. The molecular formula is C20H18FN3O. The lowest BCUT2D eigenvalue weighted by atomic mass is 10.1. The number of amides is 1. The molecule has 0 saturated carbocycles. The molecule has 0 aliphatic heterocycles. The summed E-state index contributed by atoms with van der Waals surface area (Å²) in [5.41, 5.74) is 2.63. The van der Waals surface area contributed by atoms with Gasteiger partial charge in [-0.05, 0) is 42.8 Å². The number of hydrogen-bond donors (Lipinski definition) is 1. The lowest BCUT2D eigenvalue weighted by molar-refractivity contribution is -0.117. The molecule has 0 fully saturated rings. The second-order valence-electron chi connectivity index (χ2n) is 5.67. The normalized spacial score (nSPS) is 12.2. The van der Waals surface area contributed by atoms with Gasteiger partial charge >= 0.3 is 0 Å². The third kappa shape index (κ3) is 4.41. The Morgan fingerprint density at radius 1 is 1.16 bits per heavy atom. The van der Waals surface area contributed by atoms with Crippen LogP contribution >= 0.6 is 0 Å². The molecule has 0 aliphatic carbocycles. The highest BCUT2D eigenvalue weighted by Crippen LogP contribution is 2.13. The average molecular weight is 335 g/mol. The lowest BCUT2D eigenvalue weighted by Crippen LogP contribution is -2.24. The van der Waals surface area contributed by atoms with Crippen LogP contribution in [0.5, 0.6) is 0 Å². The van der Waals surface area contributed by atoms with Gasteiger partial charge in [-0.2, -0.15) is 5.10 Å². The van der Waals surface area contributed by atoms with Crippen molar-refractivity contribution >= 4 is 12.0 Å². The number of halogens is 1. The van der Waals surface area contributed by atoms with Crippen LogP contribution in [0.4, 0.5) is 4.39 Å². The highest BCUT2D eigenvalue weighted by Gasteiger charge is 2.07. The predicted octanol–water partition coefficient (Wildman–Crippen LogP) is 3.90. The molecular weight excluding hydrogens is 317 g/mol. The monoisotopic (exact) mass is 335 g/mol. The maximum atomic E-state index is 12.9. The molecule has 0 bridgehead atoms. The smallest absolute Gasteiger partial charge is 0.244 e. The molecule has 0 radical (unpaired) electrons. The van der Waals surface area contributed by atoms with Crippen molar-refractivity contribution in [1.82, 2.24) is 15.1 Å². The van der Waals surface area contributed by atoms with E-state index in [1.165, 1.54) is 18.2 Å². The summed E-state index contributed by atoms with van der Waals surface area (Å²) in [6.45, 7) is 1.85. The van der Waals surface area contributed by atoms with E-state index in [-0.39, 0.29) is 17.8 Å². The zero-order valence-corrected chi connectivity index (χ0v) is 13.8. The first-order valence-electron chi connectivity index (χ1n) is 7.96. The summed E-state index contributed by atoms with van der Waals surface area (Å²) in [6, 6.07) is 15.6. The van der Waals surface area contributed by atoms with Gasteiger partial charge < -0.3 is 5.32 Å². The quantitative estimate of drug-likeness (QED) is 0.719. The van der Waals surface area contributed by atoms with Gasteiger partial charge in [0.05, 0.1) is 17.9 Å². The Balaban J connectivity index is 1.61. The zero-order valence-electron chi connectivity index (χ0n) is 13.8. The fraction of sp³-hybridized carbons (Fsp3) is 0.100. The third-order valence-corrected chi connectivity index (χ3v) is 3.78. The zero-order chi connectivity index (χ0) is 17.6. The Kier molecular flexibility index (Phi) is 5.04. The molecule has 3 rings (SSSR count). The van der Waals surface area contributed by atoms with Crippen molar-refractivity contribution < 1.29 is 9.18 Å². The minimum absolute atomic E-state index is 0.204. The Morgan fingerprint density at radius 3 is 2.60 bits per heavy atom. The van der Waals surface area contributed by atoms with Crippen molar-refractivity contribution in [2.45, 2.75) is 13.0 Å². The number of carbonyl (C=O) groups excluding carboxylic acids is 1.